The van der Waals surface area contributed by atoms with E-state index in [2.05, 4.69) is 24.3 Å². The molecular weight excluding hydrogens is 326 g/mol. The number of carbonyl (C=O) groups is 2. The van der Waals surface area contributed by atoms with Crippen LogP contribution in [0.15, 0.2) is 48.5 Å². The van der Waals surface area contributed by atoms with Crippen LogP contribution in [0.2, 0.25) is 0 Å². The third-order valence-corrected chi connectivity index (χ3v) is 5.78. The third-order valence-electron chi connectivity index (χ3n) is 5.78. The molecule has 134 valence electrons. The van der Waals surface area contributed by atoms with Crippen LogP contribution in [0, 0.1) is 11.8 Å². The van der Waals surface area contributed by atoms with E-state index in [0.717, 1.165) is 0 Å². The Morgan fingerprint density at radius 3 is 1.73 bits per heavy atom. The lowest BCUT2D eigenvalue weighted by molar-refractivity contribution is -0.146. The molecule has 0 atom stereocenters. The lowest BCUT2D eigenvalue weighted by atomic mass is 9.81. The van der Waals surface area contributed by atoms with E-state index in [9.17, 15) is 14.7 Å². The Balaban J connectivity index is 1.59. The van der Waals surface area contributed by atoms with Crippen molar-refractivity contribution < 1.29 is 14.7 Å². The smallest absolute Gasteiger partial charge is 0.306 e. The van der Waals surface area contributed by atoms with E-state index < -0.39 is 5.97 Å². The van der Waals surface area contributed by atoms with E-state index in [4.69, 9.17) is 0 Å². The first-order valence-electron chi connectivity index (χ1n) is 9.31. The van der Waals surface area contributed by atoms with Gasteiger partial charge in [-0.15, -0.1) is 0 Å². The Morgan fingerprint density at radius 2 is 1.23 bits per heavy atom. The molecule has 2 aliphatic rings. The standard InChI is InChI=1S/C22H23NO3/c24-21(15-9-11-16(12-10-15)22(25)26)23-13-17-5-1-3-7-19(17)20-8-4-2-6-18(20)14-23/h1-8,15-16H,9-14H2,(H,25,26). The molecule has 2 aromatic rings. The zero-order chi connectivity index (χ0) is 18.1. The van der Waals surface area contributed by atoms with Gasteiger partial charge in [-0.2, -0.15) is 0 Å². The topological polar surface area (TPSA) is 57.6 Å². The summed E-state index contributed by atoms with van der Waals surface area (Å²) in [7, 11) is 0. The monoisotopic (exact) mass is 349 g/mol. The molecule has 1 N–H and O–H groups in total. The van der Waals surface area contributed by atoms with Crippen molar-refractivity contribution in [1.29, 1.82) is 0 Å². The lowest BCUT2D eigenvalue weighted by Crippen LogP contribution is -2.37. The highest BCUT2D eigenvalue weighted by Gasteiger charge is 2.33. The largest absolute Gasteiger partial charge is 0.481 e. The molecule has 4 heteroatoms. The Kier molecular flexibility index (Phi) is 4.49. The van der Waals surface area contributed by atoms with Crippen molar-refractivity contribution in [3.05, 3.63) is 59.7 Å². The molecule has 1 amide bonds. The molecule has 1 heterocycles. The number of fused-ring (bicyclic) bond motifs is 3. The van der Waals surface area contributed by atoms with Crippen LogP contribution in [0.1, 0.15) is 36.8 Å². The van der Waals surface area contributed by atoms with Crippen LogP contribution in [-0.4, -0.2) is 21.9 Å². The van der Waals surface area contributed by atoms with Gasteiger partial charge in [-0.25, -0.2) is 0 Å². The third kappa shape index (κ3) is 3.12. The number of benzene rings is 2. The zero-order valence-corrected chi connectivity index (χ0v) is 14.7. The average Bonchev–Trinajstić information content (AvgIpc) is 2.84. The van der Waals surface area contributed by atoms with Crippen molar-refractivity contribution in [1.82, 2.24) is 4.90 Å². The second kappa shape index (κ2) is 6.94. The summed E-state index contributed by atoms with van der Waals surface area (Å²) in [4.78, 5) is 26.3. The van der Waals surface area contributed by atoms with Gasteiger partial charge in [0.05, 0.1) is 5.92 Å². The first-order chi connectivity index (χ1) is 12.6. The van der Waals surface area contributed by atoms with Crippen molar-refractivity contribution in [2.45, 2.75) is 38.8 Å². The van der Waals surface area contributed by atoms with Gasteiger partial charge in [0.1, 0.15) is 0 Å². The van der Waals surface area contributed by atoms with E-state index in [1.165, 1.54) is 22.3 Å². The van der Waals surface area contributed by atoms with Gasteiger partial charge in [0.2, 0.25) is 5.91 Å². The summed E-state index contributed by atoms with van der Waals surface area (Å²) in [6, 6.07) is 16.6. The second-order valence-corrected chi connectivity index (χ2v) is 7.40. The number of carbonyl (C=O) groups excluding carboxylic acids is 1. The Hall–Kier alpha value is -2.62. The molecule has 0 spiro atoms. The van der Waals surface area contributed by atoms with Crippen LogP contribution < -0.4 is 0 Å². The fourth-order valence-electron chi connectivity index (χ4n) is 4.31. The lowest BCUT2D eigenvalue weighted by Gasteiger charge is -2.30. The number of rotatable bonds is 2. The Morgan fingerprint density at radius 1 is 0.769 bits per heavy atom. The van der Waals surface area contributed by atoms with Gasteiger partial charge in [0.25, 0.3) is 0 Å². The van der Waals surface area contributed by atoms with Crippen LogP contribution in [0.4, 0.5) is 0 Å². The molecule has 0 saturated heterocycles. The van der Waals surface area contributed by atoms with E-state index >= 15 is 0 Å². The fourth-order valence-corrected chi connectivity index (χ4v) is 4.31. The number of aliphatic carboxylic acids is 1. The minimum absolute atomic E-state index is 0.0528. The highest BCUT2D eigenvalue weighted by atomic mass is 16.4. The molecular formula is C22H23NO3. The molecule has 0 aromatic heterocycles. The van der Waals surface area contributed by atoms with Crippen molar-refractivity contribution in [3.63, 3.8) is 0 Å². The second-order valence-electron chi connectivity index (χ2n) is 7.40. The molecule has 4 rings (SSSR count). The van der Waals surface area contributed by atoms with Gasteiger partial charge in [-0.1, -0.05) is 48.5 Å². The fraction of sp³-hybridized carbons (Fsp3) is 0.364. The summed E-state index contributed by atoms with van der Waals surface area (Å²) in [5, 5.41) is 9.17. The Bertz CT molecular complexity index is 789. The molecule has 0 unspecified atom stereocenters. The van der Waals surface area contributed by atoms with Gasteiger partial charge in [0.15, 0.2) is 0 Å². The predicted molar refractivity (Wildman–Crippen MR) is 99.2 cm³/mol. The number of carboxylic acid groups (broad SMARTS) is 1. The van der Waals surface area contributed by atoms with Crippen LogP contribution >= 0.6 is 0 Å². The van der Waals surface area contributed by atoms with Crippen molar-refractivity contribution >= 4 is 11.9 Å². The Labute approximate surface area is 153 Å². The quantitative estimate of drug-likeness (QED) is 0.888. The maximum atomic E-state index is 13.2. The average molecular weight is 349 g/mol. The van der Waals surface area contributed by atoms with Crippen LogP contribution in [0.3, 0.4) is 0 Å². The molecule has 0 radical (unpaired) electrons. The molecule has 1 aliphatic heterocycles. The van der Waals surface area contributed by atoms with Crippen molar-refractivity contribution in [2.24, 2.45) is 11.8 Å². The summed E-state index contributed by atoms with van der Waals surface area (Å²) in [6.45, 7) is 1.23. The number of hydrogen-bond acceptors (Lipinski definition) is 2. The number of carboxylic acids is 1. The van der Waals surface area contributed by atoms with Gasteiger partial charge >= 0.3 is 5.97 Å². The minimum atomic E-state index is -0.728. The molecule has 4 nitrogen and oxygen atoms in total. The number of amides is 1. The highest BCUT2D eigenvalue weighted by molar-refractivity contribution is 5.81. The molecule has 26 heavy (non-hydrogen) atoms. The summed E-state index contributed by atoms with van der Waals surface area (Å²) in [6.07, 6.45) is 2.56. The maximum absolute atomic E-state index is 13.2. The van der Waals surface area contributed by atoms with Crippen molar-refractivity contribution in [2.75, 3.05) is 0 Å². The highest BCUT2D eigenvalue weighted by Crippen LogP contribution is 2.35. The predicted octanol–water partition coefficient (Wildman–Crippen LogP) is 4.09. The normalized spacial score (nSPS) is 22.1. The summed E-state index contributed by atoms with van der Waals surface area (Å²) >= 11 is 0. The van der Waals surface area contributed by atoms with E-state index in [1.807, 2.05) is 29.2 Å². The van der Waals surface area contributed by atoms with Crippen LogP contribution in [0.25, 0.3) is 11.1 Å². The molecule has 1 aliphatic carbocycles. The van der Waals surface area contributed by atoms with E-state index in [0.29, 0.717) is 38.8 Å². The first-order valence-corrected chi connectivity index (χ1v) is 9.31. The molecule has 1 saturated carbocycles. The van der Waals surface area contributed by atoms with E-state index in [1.54, 1.807) is 0 Å². The minimum Gasteiger partial charge on any atom is -0.481 e. The van der Waals surface area contributed by atoms with Crippen LogP contribution in [-0.2, 0) is 22.7 Å². The molecule has 0 bridgehead atoms. The zero-order valence-electron chi connectivity index (χ0n) is 14.7. The first kappa shape index (κ1) is 16.8. The SMILES string of the molecule is O=C(O)C1CCC(C(=O)N2Cc3ccccc3-c3ccccc3C2)CC1. The van der Waals surface area contributed by atoms with Gasteiger partial charge in [-0.05, 0) is 47.9 Å². The van der Waals surface area contributed by atoms with E-state index in [-0.39, 0.29) is 17.7 Å². The summed E-state index contributed by atoms with van der Waals surface area (Å²) in [5.74, 6) is -0.901. The van der Waals surface area contributed by atoms with Gasteiger partial charge < -0.3 is 10.0 Å². The van der Waals surface area contributed by atoms with Gasteiger partial charge in [0, 0.05) is 19.0 Å². The molecule has 2 aromatic carbocycles. The number of hydrogen-bond donors (Lipinski definition) is 1. The van der Waals surface area contributed by atoms with Crippen molar-refractivity contribution in [3.8, 4) is 11.1 Å². The molecule has 1 fully saturated rings. The van der Waals surface area contributed by atoms with Crippen LogP contribution in [0.5, 0.6) is 0 Å². The summed E-state index contributed by atoms with van der Waals surface area (Å²) < 4.78 is 0. The summed E-state index contributed by atoms with van der Waals surface area (Å²) in [5.41, 5.74) is 4.75. The maximum Gasteiger partial charge on any atom is 0.306 e. The number of nitrogens with zero attached hydrogens (tertiary/aromatic N) is 1. The van der Waals surface area contributed by atoms with Gasteiger partial charge in [-0.3, -0.25) is 9.59 Å².